The Balaban J connectivity index is 1.99. The molecule has 1 unspecified atom stereocenters. The molecule has 0 spiro atoms. The molecule has 0 fully saturated rings. The lowest BCUT2D eigenvalue weighted by molar-refractivity contribution is 0.242. The largest absolute Gasteiger partial charge is 0.491 e. The predicted molar refractivity (Wildman–Crippen MR) is 90.1 cm³/mol. The summed E-state index contributed by atoms with van der Waals surface area (Å²) in [5.74, 6) is 0.913. The molecule has 2 nitrogen and oxygen atoms in total. The Morgan fingerprint density at radius 1 is 0.905 bits per heavy atom. The summed E-state index contributed by atoms with van der Waals surface area (Å²) < 4.78 is 5.66. The first-order valence-corrected chi connectivity index (χ1v) is 7.70. The van der Waals surface area contributed by atoms with E-state index in [-0.39, 0.29) is 12.1 Å². The second kappa shape index (κ2) is 7.16. The van der Waals surface area contributed by atoms with Crippen molar-refractivity contribution in [1.29, 1.82) is 0 Å². The smallest absolute Gasteiger partial charge is 0.119 e. The maximum atomic E-state index is 5.66. The Kier molecular flexibility index (Phi) is 5.26. The van der Waals surface area contributed by atoms with Crippen LogP contribution in [-0.4, -0.2) is 6.10 Å². The molecule has 2 aromatic rings. The van der Waals surface area contributed by atoms with E-state index in [0.29, 0.717) is 0 Å². The van der Waals surface area contributed by atoms with Crippen LogP contribution in [0.1, 0.15) is 44.9 Å². The topological polar surface area (TPSA) is 21.3 Å². The first-order chi connectivity index (χ1) is 10.1. The molecule has 0 aromatic heterocycles. The molecule has 0 aliphatic carbocycles. The number of aryl methyl sites for hydroxylation is 1. The van der Waals surface area contributed by atoms with Gasteiger partial charge in [-0.15, -0.1) is 0 Å². The van der Waals surface area contributed by atoms with Crippen LogP contribution >= 0.6 is 0 Å². The van der Waals surface area contributed by atoms with E-state index in [1.54, 1.807) is 0 Å². The van der Waals surface area contributed by atoms with Crippen molar-refractivity contribution in [2.24, 2.45) is 0 Å². The van der Waals surface area contributed by atoms with Crippen LogP contribution in [0.25, 0.3) is 0 Å². The van der Waals surface area contributed by atoms with E-state index in [4.69, 9.17) is 4.74 Å². The summed E-state index contributed by atoms with van der Waals surface area (Å²) in [6, 6.07) is 17.2. The van der Waals surface area contributed by atoms with Gasteiger partial charge in [-0.05, 0) is 62.6 Å². The van der Waals surface area contributed by atoms with Gasteiger partial charge in [-0.2, -0.15) is 0 Å². The second-order valence-electron chi connectivity index (χ2n) is 5.65. The molecule has 0 amide bonds. The Hall–Kier alpha value is -1.96. The third-order valence-corrected chi connectivity index (χ3v) is 3.50. The number of nitrogens with one attached hydrogen (secondary N) is 1. The van der Waals surface area contributed by atoms with Crippen LogP contribution in [0.5, 0.6) is 5.75 Å². The van der Waals surface area contributed by atoms with Crippen LogP contribution in [0.2, 0.25) is 0 Å². The van der Waals surface area contributed by atoms with Crippen LogP contribution in [0, 0.1) is 0 Å². The highest BCUT2D eigenvalue weighted by molar-refractivity contribution is 5.48. The molecular weight excluding hydrogens is 258 g/mol. The summed E-state index contributed by atoms with van der Waals surface area (Å²) in [6.45, 7) is 8.43. The van der Waals surface area contributed by atoms with Gasteiger partial charge in [0.05, 0.1) is 6.10 Å². The van der Waals surface area contributed by atoms with Gasteiger partial charge in [0.15, 0.2) is 0 Å². The van der Waals surface area contributed by atoms with Crippen molar-refractivity contribution in [2.45, 2.75) is 46.3 Å². The molecule has 0 radical (unpaired) electrons. The fourth-order valence-corrected chi connectivity index (χ4v) is 2.28. The maximum absolute atomic E-state index is 5.66. The minimum atomic E-state index is 0.208. The van der Waals surface area contributed by atoms with Crippen LogP contribution < -0.4 is 10.1 Å². The summed E-state index contributed by atoms with van der Waals surface area (Å²) in [6.07, 6.45) is 1.29. The fraction of sp³-hybridized carbons (Fsp3) is 0.368. The third-order valence-electron chi connectivity index (χ3n) is 3.50. The zero-order valence-electron chi connectivity index (χ0n) is 13.4. The minimum absolute atomic E-state index is 0.208. The van der Waals surface area contributed by atoms with Crippen LogP contribution in [0.3, 0.4) is 0 Å². The van der Waals surface area contributed by atoms with Gasteiger partial charge >= 0.3 is 0 Å². The first kappa shape index (κ1) is 15.4. The number of benzene rings is 2. The number of anilines is 1. The quantitative estimate of drug-likeness (QED) is 0.785. The van der Waals surface area contributed by atoms with E-state index < -0.39 is 0 Å². The fourth-order valence-electron chi connectivity index (χ4n) is 2.28. The molecule has 2 rings (SSSR count). The van der Waals surface area contributed by atoms with Gasteiger partial charge in [0.2, 0.25) is 0 Å². The number of ether oxygens (including phenoxy) is 1. The van der Waals surface area contributed by atoms with Gasteiger partial charge in [0, 0.05) is 11.7 Å². The summed E-state index contributed by atoms with van der Waals surface area (Å²) >= 11 is 0. The highest BCUT2D eigenvalue weighted by Gasteiger charge is 2.05. The Morgan fingerprint density at radius 2 is 1.52 bits per heavy atom. The van der Waals surface area contributed by atoms with E-state index in [2.05, 4.69) is 55.6 Å². The molecule has 0 saturated carbocycles. The van der Waals surface area contributed by atoms with Crippen LogP contribution in [-0.2, 0) is 6.42 Å². The van der Waals surface area contributed by atoms with Crippen molar-refractivity contribution in [2.75, 3.05) is 5.32 Å². The molecule has 2 heteroatoms. The molecule has 0 aliphatic heterocycles. The predicted octanol–water partition coefficient (Wildman–Crippen LogP) is 5.21. The molecule has 0 aliphatic rings. The highest BCUT2D eigenvalue weighted by Crippen LogP contribution is 2.22. The molecule has 0 saturated heterocycles. The van der Waals surface area contributed by atoms with Crippen molar-refractivity contribution in [3.05, 3.63) is 59.7 Å². The lowest BCUT2D eigenvalue weighted by Gasteiger charge is -2.17. The normalized spacial score (nSPS) is 12.2. The average Bonchev–Trinajstić information content (AvgIpc) is 2.49. The van der Waals surface area contributed by atoms with E-state index in [1.807, 2.05) is 26.0 Å². The molecule has 0 heterocycles. The monoisotopic (exact) mass is 283 g/mol. The zero-order chi connectivity index (χ0) is 15.2. The summed E-state index contributed by atoms with van der Waals surface area (Å²) in [5, 5.41) is 3.52. The second-order valence-corrected chi connectivity index (χ2v) is 5.65. The molecular formula is C19H25NO. The Labute approximate surface area is 128 Å². The Morgan fingerprint density at radius 3 is 2.05 bits per heavy atom. The van der Waals surface area contributed by atoms with Gasteiger partial charge in [-0.1, -0.05) is 31.2 Å². The molecule has 1 atom stereocenters. The van der Waals surface area contributed by atoms with Crippen molar-refractivity contribution in [1.82, 2.24) is 0 Å². The minimum Gasteiger partial charge on any atom is -0.491 e. The van der Waals surface area contributed by atoms with E-state index in [1.165, 1.54) is 11.1 Å². The number of rotatable bonds is 6. The van der Waals surface area contributed by atoms with Crippen molar-refractivity contribution < 1.29 is 4.74 Å². The summed E-state index contributed by atoms with van der Waals surface area (Å²) in [7, 11) is 0. The summed E-state index contributed by atoms with van der Waals surface area (Å²) in [5.41, 5.74) is 3.79. The molecule has 112 valence electrons. The molecule has 2 aromatic carbocycles. The highest BCUT2D eigenvalue weighted by atomic mass is 16.5. The van der Waals surface area contributed by atoms with E-state index in [9.17, 15) is 0 Å². The van der Waals surface area contributed by atoms with Crippen molar-refractivity contribution >= 4 is 5.69 Å². The standard InChI is InChI=1S/C19H25NO/c1-5-16-6-8-17(9-7-16)15(4)20-18-10-12-19(13-11-18)21-14(2)3/h6-15,20H,5H2,1-4H3. The number of hydrogen-bond donors (Lipinski definition) is 1. The van der Waals surface area contributed by atoms with E-state index in [0.717, 1.165) is 17.9 Å². The third kappa shape index (κ3) is 4.52. The summed E-state index contributed by atoms with van der Waals surface area (Å²) in [4.78, 5) is 0. The maximum Gasteiger partial charge on any atom is 0.119 e. The number of hydrogen-bond acceptors (Lipinski definition) is 2. The average molecular weight is 283 g/mol. The van der Waals surface area contributed by atoms with Gasteiger partial charge < -0.3 is 10.1 Å². The van der Waals surface area contributed by atoms with Gasteiger partial charge in [-0.25, -0.2) is 0 Å². The zero-order valence-corrected chi connectivity index (χ0v) is 13.4. The molecule has 1 N–H and O–H groups in total. The van der Waals surface area contributed by atoms with Crippen LogP contribution in [0.4, 0.5) is 5.69 Å². The van der Waals surface area contributed by atoms with Crippen molar-refractivity contribution in [3.8, 4) is 5.75 Å². The van der Waals surface area contributed by atoms with E-state index >= 15 is 0 Å². The van der Waals surface area contributed by atoms with Gasteiger partial charge in [0.25, 0.3) is 0 Å². The van der Waals surface area contributed by atoms with Gasteiger partial charge in [-0.3, -0.25) is 0 Å². The SMILES string of the molecule is CCc1ccc(C(C)Nc2ccc(OC(C)C)cc2)cc1. The van der Waals surface area contributed by atoms with Gasteiger partial charge in [0.1, 0.15) is 5.75 Å². The Bertz CT molecular complexity index is 543. The molecule has 0 bridgehead atoms. The first-order valence-electron chi connectivity index (χ1n) is 7.70. The lowest BCUT2D eigenvalue weighted by Crippen LogP contribution is -2.07. The van der Waals surface area contributed by atoms with Crippen LogP contribution in [0.15, 0.2) is 48.5 Å². The molecule has 21 heavy (non-hydrogen) atoms. The lowest BCUT2D eigenvalue weighted by atomic mass is 10.0. The van der Waals surface area contributed by atoms with Crippen molar-refractivity contribution in [3.63, 3.8) is 0 Å².